The van der Waals surface area contributed by atoms with Crippen LogP contribution in [0.5, 0.6) is 0 Å². The average Bonchev–Trinajstić information content (AvgIpc) is 2.59. The second-order valence-electron chi connectivity index (χ2n) is 3.35. The minimum Gasteiger partial charge on any atom is -0.392 e. The first-order valence-electron chi connectivity index (χ1n) is 4.31. The van der Waals surface area contributed by atoms with E-state index in [1.165, 1.54) is 0 Å². The van der Waals surface area contributed by atoms with Gasteiger partial charge in [-0.05, 0) is 12.8 Å². The van der Waals surface area contributed by atoms with Crippen LogP contribution in [0.15, 0.2) is 6.33 Å². The van der Waals surface area contributed by atoms with Gasteiger partial charge in [-0.2, -0.15) is 5.10 Å². The first-order chi connectivity index (χ1) is 5.79. The molecule has 1 saturated carbocycles. The second kappa shape index (κ2) is 2.86. The highest BCUT2D eigenvalue weighted by Gasteiger charge is 2.29. The molecule has 4 heteroatoms. The van der Waals surface area contributed by atoms with Crippen molar-refractivity contribution >= 4 is 0 Å². The first kappa shape index (κ1) is 7.73. The number of hydrogen-bond acceptors (Lipinski definition) is 3. The largest absolute Gasteiger partial charge is 0.392 e. The van der Waals surface area contributed by atoms with Crippen LogP contribution < -0.4 is 0 Å². The summed E-state index contributed by atoms with van der Waals surface area (Å²) in [6, 6.07) is 0. The third kappa shape index (κ3) is 1.12. The van der Waals surface area contributed by atoms with E-state index >= 15 is 0 Å². The Labute approximate surface area is 71.2 Å². The maximum absolute atomic E-state index is 9.60. The van der Waals surface area contributed by atoms with Crippen molar-refractivity contribution in [2.24, 2.45) is 7.05 Å². The van der Waals surface area contributed by atoms with Gasteiger partial charge in [0, 0.05) is 13.0 Å². The fourth-order valence-corrected chi connectivity index (χ4v) is 1.88. The molecular formula is C8H13N3O. The first-order valence-corrected chi connectivity index (χ1v) is 4.31. The molecule has 1 aliphatic rings. The van der Waals surface area contributed by atoms with Crippen LogP contribution >= 0.6 is 0 Å². The zero-order valence-electron chi connectivity index (χ0n) is 7.14. The van der Waals surface area contributed by atoms with Gasteiger partial charge in [0.15, 0.2) is 0 Å². The molecule has 0 aliphatic heterocycles. The van der Waals surface area contributed by atoms with E-state index in [0.29, 0.717) is 0 Å². The van der Waals surface area contributed by atoms with Crippen LogP contribution in [0.1, 0.15) is 31.0 Å². The third-order valence-corrected chi connectivity index (χ3v) is 2.56. The molecule has 1 aliphatic carbocycles. The molecule has 0 saturated heterocycles. The van der Waals surface area contributed by atoms with E-state index in [4.69, 9.17) is 0 Å². The van der Waals surface area contributed by atoms with Crippen molar-refractivity contribution in [2.75, 3.05) is 0 Å². The summed E-state index contributed by atoms with van der Waals surface area (Å²) in [5.74, 6) is 1.12. The molecule has 2 rings (SSSR count). The highest BCUT2D eigenvalue weighted by atomic mass is 16.3. The number of hydrogen-bond donors (Lipinski definition) is 1. The van der Waals surface area contributed by atoms with Crippen molar-refractivity contribution in [1.82, 2.24) is 14.8 Å². The Kier molecular flexibility index (Phi) is 1.84. The lowest BCUT2D eigenvalue weighted by atomic mass is 10.1. The van der Waals surface area contributed by atoms with Crippen molar-refractivity contribution in [2.45, 2.75) is 31.3 Å². The maximum atomic E-state index is 9.60. The highest BCUT2D eigenvalue weighted by molar-refractivity contribution is 5.01. The van der Waals surface area contributed by atoms with Gasteiger partial charge >= 0.3 is 0 Å². The number of rotatable bonds is 1. The monoisotopic (exact) mass is 167 g/mol. The number of nitrogens with zero attached hydrogens (tertiary/aromatic N) is 3. The van der Waals surface area contributed by atoms with Gasteiger partial charge in [-0.3, -0.25) is 4.68 Å². The van der Waals surface area contributed by atoms with Gasteiger partial charge in [0.1, 0.15) is 12.2 Å². The number of aryl methyl sites for hydroxylation is 1. The SMILES string of the molecule is Cn1ncnc1[C@@H]1CCC[C@H]1O. The highest BCUT2D eigenvalue weighted by Crippen LogP contribution is 2.32. The molecule has 12 heavy (non-hydrogen) atoms. The average molecular weight is 167 g/mol. The molecule has 66 valence electrons. The molecule has 0 spiro atoms. The molecule has 1 aromatic rings. The fourth-order valence-electron chi connectivity index (χ4n) is 1.88. The number of aliphatic hydroxyl groups excluding tert-OH is 1. The normalized spacial score (nSPS) is 29.5. The molecule has 0 unspecified atom stereocenters. The molecule has 0 amide bonds. The third-order valence-electron chi connectivity index (χ3n) is 2.56. The minimum absolute atomic E-state index is 0.206. The maximum Gasteiger partial charge on any atom is 0.138 e. The quantitative estimate of drug-likeness (QED) is 0.660. The Bertz CT molecular complexity index is 271. The van der Waals surface area contributed by atoms with Gasteiger partial charge in [0.05, 0.1) is 6.10 Å². The van der Waals surface area contributed by atoms with E-state index in [1.807, 2.05) is 7.05 Å². The van der Waals surface area contributed by atoms with Crippen molar-refractivity contribution in [1.29, 1.82) is 0 Å². The van der Waals surface area contributed by atoms with E-state index in [2.05, 4.69) is 10.1 Å². The van der Waals surface area contributed by atoms with Gasteiger partial charge in [0.25, 0.3) is 0 Å². The number of aliphatic hydroxyl groups is 1. The summed E-state index contributed by atoms with van der Waals surface area (Å²) < 4.78 is 1.75. The van der Waals surface area contributed by atoms with Crippen molar-refractivity contribution < 1.29 is 5.11 Å². The molecule has 1 aromatic heterocycles. The molecule has 1 fully saturated rings. The second-order valence-corrected chi connectivity index (χ2v) is 3.35. The summed E-state index contributed by atoms with van der Waals surface area (Å²) in [6.07, 6.45) is 4.36. The van der Waals surface area contributed by atoms with E-state index in [0.717, 1.165) is 25.1 Å². The van der Waals surface area contributed by atoms with Crippen molar-refractivity contribution in [3.63, 3.8) is 0 Å². The number of aromatic nitrogens is 3. The Balaban J connectivity index is 2.24. The molecule has 2 atom stereocenters. The summed E-state index contributed by atoms with van der Waals surface area (Å²) in [7, 11) is 1.87. The van der Waals surface area contributed by atoms with E-state index in [1.54, 1.807) is 11.0 Å². The molecule has 4 nitrogen and oxygen atoms in total. The Morgan fingerprint density at radius 1 is 1.58 bits per heavy atom. The zero-order chi connectivity index (χ0) is 8.55. The lowest BCUT2D eigenvalue weighted by Gasteiger charge is -2.12. The molecule has 1 heterocycles. The predicted octanol–water partition coefficient (Wildman–Crippen LogP) is 0.444. The van der Waals surface area contributed by atoms with Gasteiger partial charge in [-0.1, -0.05) is 6.42 Å². The fraction of sp³-hybridized carbons (Fsp3) is 0.750. The van der Waals surface area contributed by atoms with Crippen LogP contribution in [0.25, 0.3) is 0 Å². The predicted molar refractivity (Wildman–Crippen MR) is 43.6 cm³/mol. The molecular weight excluding hydrogens is 154 g/mol. The van der Waals surface area contributed by atoms with Gasteiger partial charge in [-0.15, -0.1) is 0 Å². The van der Waals surface area contributed by atoms with E-state index in [9.17, 15) is 5.11 Å². The Morgan fingerprint density at radius 2 is 2.42 bits per heavy atom. The standard InChI is InChI=1S/C8H13N3O/c1-11-8(9-5-10-11)6-3-2-4-7(6)12/h5-7,12H,2-4H2,1H3/t6-,7-/m1/s1. The lowest BCUT2D eigenvalue weighted by Crippen LogP contribution is -2.15. The van der Waals surface area contributed by atoms with Crippen LogP contribution in [-0.2, 0) is 7.05 Å². The van der Waals surface area contributed by atoms with Crippen LogP contribution in [-0.4, -0.2) is 26.0 Å². The molecule has 0 bridgehead atoms. The molecule has 0 aromatic carbocycles. The lowest BCUT2D eigenvalue weighted by molar-refractivity contribution is 0.159. The smallest absolute Gasteiger partial charge is 0.138 e. The summed E-state index contributed by atoms with van der Waals surface area (Å²) in [5, 5.41) is 13.6. The summed E-state index contributed by atoms with van der Waals surface area (Å²) in [6.45, 7) is 0. The summed E-state index contributed by atoms with van der Waals surface area (Å²) in [4.78, 5) is 4.14. The topological polar surface area (TPSA) is 50.9 Å². The van der Waals surface area contributed by atoms with Crippen LogP contribution in [0.2, 0.25) is 0 Å². The summed E-state index contributed by atoms with van der Waals surface area (Å²) >= 11 is 0. The van der Waals surface area contributed by atoms with Crippen LogP contribution in [0.3, 0.4) is 0 Å². The van der Waals surface area contributed by atoms with Gasteiger partial charge in [0.2, 0.25) is 0 Å². The minimum atomic E-state index is -0.215. The van der Waals surface area contributed by atoms with Crippen molar-refractivity contribution in [3.8, 4) is 0 Å². The zero-order valence-corrected chi connectivity index (χ0v) is 7.14. The van der Waals surface area contributed by atoms with Gasteiger partial charge < -0.3 is 5.11 Å². The van der Waals surface area contributed by atoms with Crippen molar-refractivity contribution in [3.05, 3.63) is 12.2 Å². The molecule has 0 radical (unpaired) electrons. The summed E-state index contributed by atoms with van der Waals surface area (Å²) in [5.41, 5.74) is 0. The van der Waals surface area contributed by atoms with Gasteiger partial charge in [-0.25, -0.2) is 4.98 Å². The van der Waals surface area contributed by atoms with E-state index in [-0.39, 0.29) is 12.0 Å². The Morgan fingerprint density at radius 3 is 2.92 bits per heavy atom. The van der Waals surface area contributed by atoms with Crippen LogP contribution in [0.4, 0.5) is 0 Å². The van der Waals surface area contributed by atoms with E-state index < -0.39 is 0 Å². The molecule has 1 N–H and O–H groups in total. The van der Waals surface area contributed by atoms with Crippen LogP contribution in [0, 0.1) is 0 Å². The Hall–Kier alpha value is -0.900.